The molecule has 13 heteroatoms. The van der Waals surface area contributed by atoms with Gasteiger partial charge in [0, 0.05) is 13.1 Å². The summed E-state index contributed by atoms with van der Waals surface area (Å²) in [7, 11) is 0. The Kier molecular flexibility index (Phi) is 8.17. The first-order valence-electron chi connectivity index (χ1n) is 8.08. The molecule has 1 rings (SSSR count). The molecule has 0 spiro atoms. The van der Waals surface area contributed by atoms with E-state index in [0.717, 1.165) is 17.0 Å². The third-order valence-corrected chi connectivity index (χ3v) is 3.93. The van der Waals surface area contributed by atoms with Crippen LogP contribution in [0.5, 0.6) is 0 Å². The van der Waals surface area contributed by atoms with Crippen molar-refractivity contribution in [1.82, 2.24) is 9.80 Å². The smallest absolute Gasteiger partial charge is 0.404 e. The third-order valence-electron chi connectivity index (χ3n) is 3.93. The summed E-state index contributed by atoms with van der Waals surface area (Å²) in [5.41, 5.74) is -3.29. The van der Waals surface area contributed by atoms with Gasteiger partial charge in [0.2, 0.25) is 0 Å². The number of benzene rings is 1. The molecule has 0 saturated heterocycles. The molecule has 1 atom stereocenters. The normalized spacial score (nSPS) is 13.0. The highest BCUT2D eigenvalue weighted by Gasteiger charge is 2.59. The van der Waals surface area contributed by atoms with Crippen LogP contribution in [0.4, 0.5) is 0 Å². The molecule has 0 amide bonds. The van der Waals surface area contributed by atoms with Gasteiger partial charge in [0.1, 0.15) is 6.54 Å². The molecule has 4 N–H and O–H groups in total. The lowest BCUT2D eigenvalue weighted by atomic mass is 9.97. The Bertz CT molecular complexity index is 752. The minimum Gasteiger partial charge on any atom is -0.480 e. The molecule has 158 valence electrons. The number of rotatable bonds is 13. The van der Waals surface area contributed by atoms with Crippen LogP contribution >= 0.6 is 0 Å². The van der Waals surface area contributed by atoms with E-state index < -0.39 is 67.2 Å². The quantitative estimate of drug-likeness (QED) is 0.176. The van der Waals surface area contributed by atoms with Gasteiger partial charge < -0.3 is 20.4 Å². The van der Waals surface area contributed by atoms with Crippen LogP contribution in [0.25, 0.3) is 0 Å². The Balaban J connectivity index is 3.37. The number of nitro groups is 1. The Morgan fingerprint density at radius 1 is 0.862 bits per heavy atom. The van der Waals surface area contributed by atoms with Crippen LogP contribution in [0.15, 0.2) is 30.3 Å². The van der Waals surface area contributed by atoms with E-state index in [4.69, 9.17) is 15.3 Å². The lowest BCUT2D eigenvalue weighted by molar-refractivity contribution is -0.595. The summed E-state index contributed by atoms with van der Waals surface area (Å²) in [4.78, 5) is 57.2. The molecule has 0 aliphatic carbocycles. The predicted octanol–water partition coefficient (Wildman–Crippen LogP) is -0.941. The first-order valence-corrected chi connectivity index (χ1v) is 8.08. The number of carbonyl (C=O) groups is 4. The van der Waals surface area contributed by atoms with Crippen molar-refractivity contribution in [2.24, 2.45) is 0 Å². The number of hydrogen-bond donors (Lipinski definition) is 4. The molecule has 0 aliphatic heterocycles. The van der Waals surface area contributed by atoms with E-state index in [0.29, 0.717) is 4.90 Å². The lowest BCUT2D eigenvalue weighted by Gasteiger charge is -2.33. The highest BCUT2D eigenvalue weighted by atomic mass is 16.6. The number of nitrogens with zero attached hydrogens (tertiary/aromatic N) is 3. The lowest BCUT2D eigenvalue weighted by Crippen LogP contribution is -2.60. The summed E-state index contributed by atoms with van der Waals surface area (Å²) in [5, 5.41) is 48.5. The van der Waals surface area contributed by atoms with Crippen LogP contribution in [0, 0.1) is 10.1 Å². The van der Waals surface area contributed by atoms with Gasteiger partial charge in [0.15, 0.2) is 0 Å². The summed E-state index contributed by atoms with van der Waals surface area (Å²) < 4.78 is 0. The largest absolute Gasteiger partial charge is 0.480 e. The van der Waals surface area contributed by atoms with Crippen LogP contribution in [-0.4, -0.2) is 91.8 Å². The zero-order valence-corrected chi connectivity index (χ0v) is 15.0. The molecule has 1 aromatic rings. The van der Waals surface area contributed by atoms with Crippen molar-refractivity contribution in [2.75, 3.05) is 32.7 Å². The summed E-state index contributed by atoms with van der Waals surface area (Å²) in [6, 6.07) is 6.47. The molecule has 0 saturated carbocycles. The Labute approximate surface area is 163 Å². The molecule has 0 aromatic heterocycles. The van der Waals surface area contributed by atoms with Gasteiger partial charge in [-0.3, -0.25) is 29.4 Å². The number of carboxylic acids is 4. The second-order valence-electron chi connectivity index (χ2n) is 5.91. The van der Waals surface area contributed by atoms with E-state index in [1.165, 1.54) is 18.2 Å². The average molecular weight is 413 g/mol. The minimum atomic E-state index is -2.97. The second-order valence-corrected chi connectivity index (χ2v) is 5.91. The molecule has 0 aliphatic rings. The van der Waals surface area contributed by atoms with E-state index in [-0.39, 0.29) is 5.56 Å². The minimum absolute atomic E-state index is 0.318. The first kappa shape index (κ1) is 23.5. The topological polar surface area (TPSA) is 199 Å². The van der Waals surface area contributed by atoms with Crippen molar-refractivity contribution >= 4 is 23.9 Å². The van der Waals surface area contributed by atoms with E-state index in [2.05, 4.69) is 0 Å². The Morgan fingerprint density at radius 2 is 1.34 bits per heavy atom. The van der Waals surface area contributed by atoms with E-state index in [9.17, 15) is 34.4 Å². The fourth-order valence-electron chi connectivity index (χ4n) is 2.79. The van der Waals surface area contributed by atoms with Crippen LogP contribution in [0.3, 0.4) is 0 Å². The zero-order chi connectivity index (χ0) is 22.2. The molecule has 0 bridgehead atoms. The van der Waals surface area contributed by atoms with Gasteiger partial charge in [-0.05, 0) is 12.1 Å². The van der Waals surface area contributed by atoms with E-state index in [1.807, 2.05) is 0 Å². The van der Waals surface area contributed by atoms with Gasteiger partial charge >= 0.3 is 29.5 Å². The van der Waals surface area contributed by atoms with Crippen molar-refractivity contribution < 1.29 is 44.5 Å². The highest BCUT2D eigenvalue weighted by molar-refractivity contribution is 5.80. The molecule has 0 radical (unpaired) electrons. The van der Waals surface area contributed by atoms with Crippen LogP contribution in [0.2, 0.25) is 0 Å². The van der Waals surface area contributed by atoms with E-state index >= 15 is 0 Å². The van der Waals surface area contributed by atoms with Crippen molar-refractivity contribution in [3.8, 4) is 0 Å². The van der Waals surface area contributed by atoms with Gasteiger partial charge in [-0.2, -0.15) is 0 Å². The van der Waals surface area contributed by atoms with Gasteiger partial charge in [-0.1, -0.05) is 18.2 Å². The fourth-order valence-corrected chi connectivity index (χ4v) is 2.79. The average Bonchev–Trinajstić information content (AvgIpc) is 2.58. The van der Waals surface area contributed by atoms with Gasteiger partial charge in [-0.25, -0.2) is 9.69 Å². The molecule has 1 aromatic carbocycles. The summed E-state index contributed by atoms with van der Waals surface area (Å²) in [6.07, 6.45) is 0. The zero-order valence-electron chi connectivity index (χ0n) is 15.0. The maximum Gasteiger partial charge on any atom is 0.404 e. The molecular weight excluding hydrogens is 394 g/mol. The standard InChI is InChI=1S/C16H19N3O10/c20-12(21)8-17(9-13(22)23)6-7-18(10-14(24)25)16(15(26)27,19(28)29)11-4-2-1-3-5-11/h1-5H,6-10H2,(H,20,21)(H,22,23)(H,24,25)(H,26,27). The summed E-state index contributed by atoms with van der Waals surface area (Å²) in [5.74, 6) is -6.26. The van der Waals surface area contributed by atoms with Crippen LogP contribution in [-0.2, 0) is 24.8 Å². The molecule has 1 unspecified atom stereocenters. The maximum absolute atomic E-state index is 12.0. The molecule has 0 fully saturated rings. The van der Waals surface area contributed by atoms with Crippen molar-refractivity contribution in [2.45, 2.75) is 5.66 Å². The molecular formula is C16H19N3O10. The summed E-state index contributed by atoms with van der Waals surface area (Å²) >= 11 is 0. The van der Waals surface area contributed by atoms with Crippen LogP contribution < -0.4 is 0 Å². The van der Waals surface area contributed by atoms with Gasteiger partial charge in [-0.15, -0.1) is 0 Å². The first-order chi connectivity index (χ1) is 13.5. The second kappa shape index (κ2) is 10.1. The van der Waals surface area contributed by atoms with Crippen molar-refractivity contribution in [3.05, 3.63) is 46.0 Å². The molecule has 29 heavy (non-hydrogen) atoms. The van der Waals surface area contributed by atoms with Crippen molar-refractivity contribution in [3.63, 3.8) is 0 Å². The number of aliphatic carboxylic acids is 4. The van der Waals surface area contributed by atoms with Crippen LogP contribution in [0.1, 0.15) is 5.56 Å². The van der Waals surface area contributed by atoms with Crippen molar-refractivity contribution in [1.29, 1.82) is 0 Å². The fraction of sp³-hybridized carbons (Fsp3) is 0.375. The predicted molar refractivity (Wildman–Crippen MR) is 93.7 cm³/mol. The SMILES string of the molecule is O=C(O)CN(CCN(CC(=O)O)C(C(=O)O)(c1ccccc1)[N+](=O)[O-])CC(=O)O. The Hall–Kier alpha value is -3.58. The highest BCUT2D eigenvalue weighted by Crippen LogP contribution is 2.30. The Morgan fingerprint density at radius 3 is 1.72 bits per heavy atom. The van der Waals surface area contributed by atoms with Gasteiger partial charge in [0.25, 0.3) is 0 Å². The molecule has 13 nitrogen and oxygen atoms in total. The third kappa shape index (κ3) is 5.95. The molecule has 0 heterocycles. The monoisotopic (exact) mass is 413 g/mol. The van der Waals surface area contributed by atoms with E-state index in [1.54, 1.807) is 0 Å². The maximum atomic E-state index is 12.0. The number of hydrogen-bond acceptors (Lipinski definition) is 8. The number of carboxylic acid groups (broad SMARTS) is 4. The summed E-state index contributed by atoms with van der Waals surface area (Å²) in [6.45, 7) is -3.58. The van der Waals surface area contributed by atoms with Gasteiger partial charge in [0.05, 0.1) is 23.6 Å².